The van der Waals surface area contributed by atoms with Gasteiger partial charge in [-0.2, -0.15) is 4.99 Å². The molecule has 1 aromatic rings. The molecule has 0 amide bonds. The van der Waals surface area contributed by atoms with Gasteiger partial charge in [0.2, 0.25) is 11.9 Å². The van der Waals surface area contributed by atoms with E-state index < -0.39 is 5.66 Å². The molecule has 1 aliphatic heterocycles. The highest BCUT2D eigenvalue weighted by atomic mass is 35.5. The fourth-order valence-electron chi connectivity index (χ4n) is 3.83. The largest absolute Gasteiger partial charge is 0.369 e. The van der Waals surface area contributed by atoms with E-state index in [0.29, 0.717) is 21.3 Å². The highest BCUT2D eigenvalue weighted by Gasteiger charge is 2.44. The molecule has 1 spiro atoms. The maximum Gasteiger partial charge on any atom is 0.220 e. The van der Waals surface area contributed by atoms with E-state index in [1.54, 1.807) is 17.0 Å². The number of anilines is 1. The van der Waals surface area contributed by atoms with Gasteiger partial charge in [0.1, 0.15) is 5.66 Å². The van der Waals surface area contributed by atoms with Crippen LogP contribution in [0.15, 0.2) is 22.1 Å². The number of nitrogens with one attached hydrogen (secondary N) is 1. The summed E-state index contributed by atoms with van der Waals surface area (Å²) in [6.45, 7) is 6.18. The number of nitrogens with two attached hydrogens (primary N) is 2. The lowest BCUT2D eigenvalue weighted by Crippen LogP contribution is -2.58. The number of hydrogen-bond donors (Lipinski definition) is 3. The molecule has 0 bridgehead atoms. The first-order valence-corrected chi connectivity index (χ1v) is 10.5. The van der Waals surface area contributed by atoms with Crippen molar-refractivity contribution in [3.8, 4) is 0 Å². The van der Waals surface area contributed by atoms with E-state index in [9.17, 15) is 4.79 Å². The normalized spacial score (nSPS) is 19.1. The third-order valence-electron chi connectivity index (χ3n) is 5.19. The van der Waals surface area contributed by atoms with Crippen molar-refractivity contribution < 1.29 is 4.79 Å². The fraction of sp³-hybridized carbons (Fsp3) is 0.550. The van der Waals surface area contributed by atoms with E-state index in [0.717, 1.165) is 32.1 Å². The monoisotopic (exact) mass is 438 g/mol. The molecule has 0 unspecified atom stereocenters. The summed E-state index contributed by atoms with van der Waals surface area (Å²) in [5.41, 5.74) is 12.3. The van der Waals surface area contributed by atoms with Crippen molar-refractivity contribution in [2.75, 3.05) is 11.4 Å². The number of Topliss-reactive ketones (excluding diaryl/α,β-unsaturated/α-hetero) is 1. The molecule has 5 N–H and O–H groups in total. The molecule has 29 heavy (non-hydrogen) atoms. The van der Waals surface area contributed by atoms with Crippen molar-refractivity contribution in [2.45, 2.75) is 64.1 Å². The molecule has 1 saturated carbocycles. The molecule has 1 heterocycles. The first-order chi connectivity index (χ1) is 13.5. The molecule has 0 radical (unpaired) electrons. The van der Waals surface area contributed by atoms with Gasteiger partial charge >= 0.3 is 0 Å². The SMILES string of the molecule is CC(C)(C)NCC(=O)c1cc(Cl)c(N2C(N)=NC(N)=NC23CCCCC3)c(Cl)c1. The highest BCUT2D eigenvalue weighted by Crippen LogP contribution is 2.45. The van der Waals surface area contributed by atoms with E-state index in [1.165, 1.54) is 0 Å². The highest BCUT2D eigenvalue weighted by molar-refractivity contribution is 6.40. The van der Waals surface area contributed by atoms with Gasteiger partial charge in [0.15, 0.2) is 5.78 Å². The van der Waals surface area contributed by atoms with Crippen LogP contribution in [0.1, 0.15) is 63.2 Å². The Balaban J connectivity index is 1.98. The summed E-state index contributed by atoms with van der Waals surface area (Å²) in [4.78, 5) is 23.2. The van der Waals surface area contributed by atoms with E-state index in [2.05, 4.69) is 15.3 Å². The Morgan fingerprint density at radius 3 is 2.31 bits per heavy atom. The molecule has 3 rings (SSSR count). The molecule has 0 atom stereocenters. The number of benzene rings is 1. The van der Waals surface area contributed by atoms with Gasteiger partial charge in [0.25, 0.3) is 0 Å². The molecule has 0 aromatic heterocycles. The van der Waals surface area contributed by atoms with Crippen molar-refractivity contribution in [2.24, 2.45) is 21.5 Å². The summed E-state index contributed by atoms with van der Waals surface area (Å²) in [5, 5.41) is 3.84. The number of nitrogens with zero attached hydrogens (tertiary/aromatic N) is 3. The Morgan fingerprint density at radius 2 is 1.76 bits per heavy atom. The zero-order valence-corrected chi connectivity index (χ0v) is 18.6. The maximum absolute atomic E-state index is 12.6. The molecular formula is C20H28Cl2N6O. The van der Waals surface area contributed by atoms with Gasteiger partial charge in [0.05, 0.1) is 22.3 Å². The van der Waals surface area contributed by atoms with Crippen molar-refractivity contribution in [3.05, 3.63) is 27.7 Å². The predicted octanol–water partition coefficient (Wildman–Crippen LogP) is 3.67. The van der Waals surface area contributed by atoms with Crippen LogP contribution in [-0.4, -0.2) is 35.4 Å². The van der Waals surface area contributed by atoms with Gasteiger partial charge in [-0.3, -0.25) is 9.69 Å². The smallest absolute Gasteiger partial charge is 0.220 e. The standard InChI is InChI=1S/C20H28Cl2N6O/c1-19(2,3)25-11-15(29)12-9-13(21)16(14(22)10-12)28-18(24)26-17(23)27-20(28)7-5-4-6-8-20/h9-10,25H,4-8,11H2,1-3H3,(H4,23,24,26,27). The van der Waals surface area contributed by atoms with E-state index in [4.69, 9.17) is 34.7 Å². The zero-order valence-electron chi connectivity index (χ0n) is 17.1. The molecule has 7 nitrogen and oxygen atoms in total. The number of ketones is 1. The molecule has 2 aliphatic rings. The number of aliphatic imine (C=N–C) groups is 2. The van der Waals surface area contributed by atoms with Crippen LogP contribution in [-0.2, 0) is 0 Å². The maximum atomic E-state index is 12.6. The van der Waals surface area contributed by atoms with E-state index in [-0.39, 0.29) is 29.8 Å². The summed E-state index contributed by atoms with van der Waals surface area (Å²) in [7, 11) is 0. The van der Waals surface area contributed by atoms with Crippen molar-refractivity contribution >= 4 is 46.6 Å². The van der Waals surface area contributed by atoms with Crippen LogP contribution in [0.5, 0.6) is 0 Å². The van der Waals surface area contributed by atoms with Crippen LogP contribution >= 0.6 is 23.2 Å². The second kappa shape index (κ2) is 8.13. The van der Waals surface area contributed by atoms with Gasteiger partial charge in [-0.15, -0.1) is 0 Å². The lowest BCUT2D eigenvalue weighted by Gasteiger charge is -2.46. The third kappa shape index (κ3) is 4.68. The summed E-state index contributed by atoms with van der Waals surface area (Å²) in [6, 6.07) is 3.25. The fourth-order valence-corrected chi connectivity index (χ4v) is 4.49. The first-order valence-electron chi connectivity index (χ1n) is 9.79. The quantitative estimate of drug-likeness (QED) is 0.621. The minimum atomic E-state index is -0.652. The van der Waals surface area contributed by atoms with Crippen LogP contribution in [0.25, 0.3) is 0 Å². The van der Waals surface area contributed by atoms with Crippen LogP contribution in [0.4, 0.5) is 5.69 Å². The number of rotatable bonds is 4. The lowest BCUT2D eigenvalue weighted by atomic mass is 9.87. The molecular weight excluding hydrogens is 411 g/mol. The Bertz CT molecular complexity index is 845. The number of halogens is 2. The first kappa shape index (κ1) is 21.9. The zero-order chi connectivity index (χ0) is 21.4. The number of carbonyl (C=O) groups is 1. The third-order valence-corrected chi connectivity index (χ3v) is 5.77. The van der Waals surface area contributed by atoms with Crippen LogP contribution < -0.4 is 21.7 Å². The molecule has 158 valence electrons. The van der Waals surface area contributed by atoms with Gasteiger partial charge in [-0.1, -0.05) is 29.6 Å². The van der Waals surface area contributed by atoms with Crippen LogP contribution in [0, 0.1) is 0 Å². The summed E-state index contributed by atoms with van der Waals surface area (Å²) < 4.78 is 0. The van der Waals surface area contributed by atoms with Crippen LogP contribution in [0.3, 0.4) is 0 Å². The lowest BCUT2D eigenvalue weighted by molar-refractivity contribution is 0.0982. The number of hydrogen-bond acceptors (Lipinski definition) is 7. The average molecular weight is 439 g/mol. The van der Waals surface area contributed by atoms with Crippen molar-refractivity contribution in [1.82, 2.24) is 5.32 Å². The molecule has 1 aliphatic carbocycles. The second-order valence-corrected chi connectivity index (χ2v) is 9.45. The van der Waals surface area contributed by atoms with Crippen LogP contribution in [0.2, 0.25) is 10.0 Å². The second-order valence-electron chi connectivity index (χ2n) is 8.63. The molecule has 9 heteroatoms. The average Bonchev–Trinajstić information content (AvgIpc) is 2.61. The van der Waals surface area contributed by atoms with Crippen molar-refractivity contribution in [3.63, 3.8) is 0 Å². The topological polar surface area (TPSA) is 109 Å². The molecule has 1 fully saturated rings. The van der Waals surface area contributed by atoms with Gasteiger partial charge < -0.3 is 16.8 Å². The van der Waals surface area contributed by atoms with Gasteiger partial charge in [-0.05, 0) is 58.6 Å². The summed E-state index contributed by atoms with van der Waals surface area (Å²) in [6.07, 6.45) is 4.65. The Morgan fingerprint density at radius 1 is 1.17 bits per heavy atom. The Kier molecular flexibility index (Phi) is 6.13. The van der Waals surface area contributed by atoms with E-state index in [1.807, 2.05) is 20.8 Å². The Labute approximate surface area is 181 Å². The number of carbonyl (C=O) groups excluding carboxylic acids is 1. The van der Waals surface area contributed by atoms with Gasteiger partial charge in [0, 0.05) is 11.1 Å². The summed E-state index contributed by atoms with van der Waals surface area (Å²) in [5.74, 6) is 0.273. The van der Waals surface area contributed by atoms with E-state index >= 15 is 0 Å². The van der Waals surface area contributed by atoms with Crippen molar-refractivity contribution in [1.29, 1.82) is 0 Å². The minimum absolute atomic E-state index is 0.0924. The summed E-state index contributed by atoms with van der Waals surface area (Å²) >= 11 is 13.2. The molecule has 0 saturated heterocycles. The Hall–Kier alpha value is -1.83. The van der Waals surface area contributed by atoms with Gasteiger partial charge in [-0.25, -0.2) is 4.99 Å². The molecule has 1 aromatic carbocycles. The number of guanidine groups is 2. The predicted molar refractivity (Wildman–Crippen MR) is 120 cm³/mol. The minimum Gasteiger partial charge on any atom is -0.369 e.